The van der Waals surface area contributed by atoms with Crippen molar-refractivity contribution in [1.82, 2.24) is 10.3 Å². The molecular formula is C14H23N3O. The second-order valence-electron chi connectivity index (χ2n) is 5.76. The van der Waals surface area contributed by atoms with Gasteiger partial charge in [0.2, 0.25) is 0 Å². The van der Waals surface area contributed by atoms with Crippen LogP contribution in [0.25, 0.3) is 0 Å². The number of anilines is 1. The third-order valence-corrected chi connectivity index (χ3v) is 3.14. The lowest BCUT2D eigenvalue weighted by molar-refractivity contribution is 0.0372. The first-order valence-electron chi connectivity index (χ1n) is 6.58. The van der Waals surface area contributed by atoms with E-state index in [1.54, 1.807) is 0 Å². The normalized spacial score (nSPS) is 20.7. The van der Waals surface area contributed by atoms with E-state index < -0.39 is 0 Å². The third-order valence-electron chi connectivity index (χ3n) is 3.14. The summed E-state index contributed by atoms with van der Waals surface area (Å²) < 4.78 is 5.64. The fourth-order valence-corrected chi connectivity index (χ4v) is 1.96. The molecule has 1 saturated heterocycles. The number of rotatable bonds is 3. The van der Waals surface area contributed by atoms with E-state index in [1.165, 1.54) is 5.56 Å². The van der Waals surface area contributed by atoms with Gasteiger partial charge in [0.05, 0.1) is 12.7 Å². The van der Waals surface area contributed by atoms with Crippen LogP contribution in [0.5, 0.6) is 0 Å². The first-order chi connectivity index (χ1) is 8.55. The standard InChI is InChI=1S/C14H23N3O/c1-14(2,3)11-4-5-16-13(8-11)17-10-12-9-15-6-7-18-12/h4-5,8,12,15H,6-7,9-10H2,1-3H3,(H,16,17). The molecule has 0 aliphatic carbocycles. The summed E-state index contributed by atoms with van der Waals surface area (Å²) in [5.41, 5.74) is 1.45. The van der Waals surface area contributed by atoms with E-state index in [-0.39, 0.29) is 11.5 Å². The third kappa shape index (κ3) is 3.68. The second kappa shape index (κ2) is 5.67. The molecule has 0 bridgehead atoms. The van der Waals surface area contributed by atoms with Crippen molar-refractivity contribution in [2.24, 2.45) is 0 Å². The average molecular weight is 249 g/mol. The molecule has 4 nitrogen and oxygen atoms in total. The Morgan fingerprint density at radius 3 is 3.00 bits per heavy atom. The maximum Gasteiger partial charge on any atom is 0.126 e. The van der Waals surface area contributed by atoms with Crippen molar-refractivity contribution >= 4 is 5.82 Å². The second-order valence-corrected chi connectivity index (χ2v) is 5.76. The monoisotopic (exact) mass is 249 g/mol. The van der Waals surface area contributed by atoms with Crippen LogP contribution in [0.1, 0.15) is 26.3 Å². The zero-order chi connectivity index (χ0) is 13.0. The fraction of sp³-hybridized carbons (Fsp3) is 0.643. The Hall–Kier alpha value is -1.13. The van der Waals surface area contributed by atoms with Gasteiger partial charge in [0.15, 0.2) is 0 Å². The smallest absolute Gasteiger partial charge is 0.126 e. The van der Waals surface area contributed by atoms with Crippen LogP contribution in [-0.4, -0.2) is 37.3 Å². The van der Waals surface area contributed by atoms with Gasteiger partial charge < -0.3 is 15.4 Å². The molecule has 1 aliphatic heterocycles. The van der Waals surface area contributed by atoms with Crippen LogP contribution in [-0.2, 0) is 10.2 Å². The highest BCUT2D eigenvalue weighted by molar-refractivity contribution is 5.40. The molecule has 0 saturated carbocycles. The maximum absolute atomic E-state index is 5.64. The predicted octanol–water partition coefficient (Wildman–Crippen LogP) is 1.78. The molecule has 1 aromatic heterocycles. The summed E-state index contributed by atoms with van der Waals surface area (Å²) in [4.78, 5) is 4.35. The molecule has 100 valence electrons. The van der Waals surface area contributed by atoms with Gasteiger partial charge >= 0.3 is 0 Å². The Morgan fingerprint density at radius 1 is 1.50 bits per heavy atom. The van der Waals surface area contributed by atoms with E-state index in [0.29, 0.717) is 0 Å². The van der Waals surface area contributed by atoms with Gasteiger partial charge in [-0.1, -0.05) is 20.8 Å². The number of pyridine rings is 1. The van der Waals surface area contributed by atoms with E-state index in [0.717, 1.165) is 32.1 Å². The highest BCUT2D eigenvalue weighted by Crippen LogP contribution is 2.23. The molecule has 2 heterocycles. The van der Waals surface area contributed by atoms with Gasteiger partial charge in [-0.3, -0.25) is 0 Å². The lowest BCUT2D eigenvalue weighted by Crippen LogP contribution is -2.42. The van der Waals surface area contributed by atoms with Crippen LogP contribution in [0.3, 0.4) is 0 Å². The minimum atomic E-state index is 0.155. The van der Waals surface area contributed by atoms with Crippen molar-refractivity contribution in [2.45, 2.75) is 32.3 Å². The summed E-state index contributed by atoms with van der Waals surface area (Å²) in [5.74, 6) is 0.927. The van der Waals surface area contributed by atoms with Gasteiger partial charge in [-0.05, 0) is 23.1 Å². The van der Waals surface area contributed by atoms with Crippen LogP contribution in [0, 0.1) is 0 Å². The SMILES string of the molecule is CC(C)(C)c1ccnc(NCC2CNCCO2)c1. The van der Waals surface area contributed by atoms with Crippen molar-refractivity contribution in [3.8, 4) is 0 Å². The highest BCUT2D eigenvalue weighted by Gasteiger charge is 2.15. The molecule has 18 heavy (non-hydrogen) atoms. The van der Waals surface area contributed by atoms with Crippen LogP contribution >= 0.6 is 0 Å². The number of hydrogen-bond acceptors (Lipinski definition) is 4. The number of hydrogen-bond donors (Lipinski definition) is 2. The Kier molecular flexibility index (Phi) is 4.19. The van der Waals surface area contributed by atoms with Crippen LogP contribution < -0.4 is 10.6 Å². The highest BCUT2D eigenvalue weighted by atomic mass is 16.5. The van der Waals surface area contributed by atoms with Crippen molar-refractivity contribution in [1.29, 1.82) is 0 Å². The molecule has 1 atom stereocenters. The van der Waals surface area contributed by atoms with Crippen LogP contribution in [0.2, 0.25) is 0 Å². The topological polar surface area (TPSA) is 46.2 Å². The summed E-state index contributed by atoms with van der Waals surface area (Å²) >= 11 is 0. The van der Waals surface area contributed by atoms with E-state index >= 15 is 0 Å². The first-order valence-corrected chi connectivity index (χ1v) is 6.58. The van der Waals surface area contributed by atoms with Crippen LogP contribution in [0.15, 0.2) is 18.3 Å². The van der Waals surface area contributed by atoms with Crippen molar-refractivity contribution in [2.75, 3.05) is 31.6 Å². The quantitative estimate of drug-likeness (QED) is 0.857. The van der Waals surface area contributed by atoms with Crippen molar-refractivity contribution in [3.63, 3.8) is 0 Å². The van der Waals surface area contributed by atoms with E-state index in [9.17, 15) is 0 Å². The predicted molar refractivity (Wildman–Crippen MR) is 74.0 cm³/mol. The van der Waals surface area contributed by atoms with Gasteiger partial charge in [-0.15, -0.1) is 0 Å². The molecule has 0 spiro atoms. The largest absolute Gasteiger partial charge is 0.374 e. The lowest BCUT2D eigenvalue weighted by Gasteiger charge is -2.24. The van der Waals surface area contributed by atoms with Crippen LogP contribution in [0.4, 0.5) is 5.82 Å². The molecule has 0 radical (unpaired) electrons. The molecule has 2 rings (SSSR count). The summed E-state index contributed by atoms with van der Waals surface area (Å²) in [5, 5.41) is 6.67. The van der Waals surface area contributed by atoms with E-state index in [4.69, 9.17) is 4.74 Å². The number of nitrogens with zero attached hydrogens (tertiary/aromatic N) is 1. The Bertz CT molecular complexity index is 381. The number of nitrogens with one attached hydrogen (secondary N) is 2. The average Bonchev–Trinajstić information content (AvgIpc) is 2.37. The number of ether oxygens (including phenoxy) is 1. The Balaban J connectivity index is 1.92. The minimum absolute atomic E-state index is 0.155. The van der Waals surface area contributed by atoms with Crippen molar-refractivity contribution < 1.29 is 4.74 Å². The zero-order valence-electron chi connectivity index (χ0n) is 11.5. The van der Waals surface area contributed by atoms with Gasteiger partial charge in [-0.2, -0.15) is 0 Å². The molecule has 2 N–H and O–H groups in total. The van der Waals surface area contributed by atoms with Gasteiger partial charge in [0.25, 0.3) is 0 Å². The van der Waals surface area contributed by atoms with Gasteiger partial charge in [-0.25, -0.2) is 4.98 Å². The Labute approximate surface area is 109 Å². The molecule has 1 aliphatic rings. The molecule has 0 amide bonds. The summed E-state index contributed by atoms with van der Waals surface area (Å²) in [7, 11) is 0. The van der Waals surface area contributed by atoms with E-state index in [2.05, 4.69) is 48.5 Å². The summed E-state index contributed by atoms with van der Waals surface area (Å²) in [6, 6.07) is 4.19. The lowest BCUT2D eigenvalue weighted by atomic mass is 9.88. The van der Waals surface area contributed by atoms with Crippen molar-refractivity contribution in [3.05, 3.63) is 23.9 Å². The minimum Gasteiger partial charge on any atom is -0.374 e. The Morgan fingerprint density at radius 2 is 2.33 bits per heavy atom. The maximum atomic E-state index is 5.64. The fourth-order valence-electron chi connectivity index (χ4n) is 1.96. The molecule has 4 heteroatoms. The van der Waals surface area contributed by atoms with E-state index in [1.807, 2.05) is 6.20 Å². The molecule has 1 aromatic rings. The van der Waals surface area contributed by atoms with Gasteiger partial charge in [0, 0.05) is 25.8 Å². The summed E-state index contributed by atoms with van der Waals surface area (Å²) in [6.45, 7) is 10.1. The molecule has 1 fully saturated rings. The molecular weight excluding hydrogens is 226 g/mol. The molecule has 0 aromatic carbocycles. The molecule has 1 unspecified atom stereocenters. The van der Waals surface area contributed by atoms with Gasteiger partial charge in [0.1, 0.15) is 5.82 Å². The summed E-state index contributed by atoms with van der Waals surface area (Å²) in [6.07, 6.45) is 2.10. The number of morpholine rings is 1. The number of aromatic nitrogens is 1. The first kappa shape index (κ1) is 13.3. The zero-order valence-corrected chi connectivity index (χ0v) is 11.5.